The van der Waals surface area contributed by atoms with Gasteiger partial charge in [-0.25, -0.2) is 9.78 Å². The number of esters is 1. The molecule has 1 aliphatic heterocycles. The molecule has 7 nitrogen and oxygen atoms in total. The molecule has 0 spiro atoms. The Labute approximate surface area is 157 Å². The van der Waals surface area contributed by atoms with Crippen LogP contribution in [0.5, 0.6) is 0 Å². The van der Waals surface area contributed by atoms with E-state index in [0.29, 0.717) is 17.8 Å². The van der Waals surface area contributed by atoms with Crippen molar-refractivity contribution in [3.63, 3.8) is 0 Å². The van der Waals surface area contributed by atoms with E-state index in [0.717, 1.165) is 12.8 Å². The zero-order chi connectivity index (χ0) is 19.4. The van der Waals surface area contributed by atoms with E-state index in [2.05, 4.69) is 10.3 Å². The number of hydrogen-bond acceptors (Lipinski definition) is 5. The largest absolute Gasteiger partial charge is 0.429 e. The number of carbonyl (C=O) groups excluding carboxylic acids is 3. The summed E-state index contributed by atoms with van der Waals surface area (Å²) in [6, 6.07) is 11.6. The molecule has 7 heteroatoms. The first-order valence-electron chi connectivity index (χ1n) is 8.82. The summed E-state index contributed by atoms with van der Waals surface area (Å²) in [6.07, 6.45) is 3.08. The summed E-state index contributed by atoms with van der Waals surface area (Å²) in [4.78, 5) is 44.1. The lowest BCUT2D eigenvalue weighted by atomic mass is 9.93. The Morgan fingerprint density at radius 2 is 1.93 bits per heavy atom. The Morgan fingerprint density at radius 3 is 2.63 bits per heavy atom. The zero-order valence-electron chi connectivity index (χ0n) is 15.3. The minimum absolute atomic E-state index is 0.0260. The maximum Gasteiger partial charge on any atom is 0.358 e. The van der Waals surface area contributed by atoms with Gasteiger partial charge >= 0.3 is 5.97 Å². The van der Waals surface area contributed by atoms with Crippen molar-refractivity contribution in [2.24, 2.45) is 0 Å². The molecule has 0 saturated heterocycles. The van der Waals surface area contributed by atoms with Crippen LogP contribution < -0.4 is 10.2 Å². The summed E-state index contributed by atoms with van der Waals surface area (Å²) in [5.74, 6) is -2.09. The standard InChI is InChI=1S/C20H21N3O4/c1-3-4-12-22-18(25)20(27-17(24)15-10-7-8-13-21-15)14-9-5-6-11-16(14)23(2)19(20)26/h5-11,13H,3-4,12H2,1-2H3,(H,22,25). The van der Waals surface area contributed by atoms with E-state index in [9.17, 15) is 14.4 Å². The van der Waals surface area contributed by atoms with Crippen molar-refractivity contribution < 1.29 is 19.1 Å². The van der Waals surface area contributed by atoms with Gasteiger partial charge < -0.3 is 15.0 Å². The number of nitrogens with one attached hydrogen (secondary N) is 1. The number of amides is 2. The average molecular weight is 367 g/mol. The Kier molecular flexibility index (Phi) is 5.21. The number of para-hydroxylation sites is 1. The average Bonchev–Trinajstić information content (AvgIpc) is 2.92. The molecule has 1 aliphatic rings. The van der Waals surface area contributed by atoms with Crippen molar-refractivity contribution in [3.8, 4) is 0 Å². The highest BCUT2D eigenvalue weighted by atomic mass is 16.6. The van der Waals surface area contributed by atoms with Crippen molar-refractivity contribution in [1.82, 2.24) is 10.3 Å². The number of rotatable bonds is 6. The molecule has 1 unspecified atom stereocenters. The molecule has 2 amide bonds. The van der Waals surface area contributed by atoms with Crippen LogP contribution in [0.25, 0.3) is 0 Å². The molecule has 0 fully saturated rings. The van der Waals surface area contributed by atoms with Gasteiger partial charge in [-0.1, -0.05) is 37.6 Å². The fraction of sp³-hybridized carbons (Fsp3) is 0.300. The second-order valence-electron chi connectivity index (χ2n) is 6.28. The zero-order valence-corrected chi connectivity index (χ0v) is 15.3. The lowest BCUT2D eigenvalue weighted by Crippen LogP contribution is -2.53. The van der Waals surface area contributed by atoms with E-state index >= 15 is 0 Å². The van der Waals surface area contributed by atoms with Gasteiger partial charge in [0, 0.05) is 25.4 Å². The Hall–Kier alpha value is -3.22. The molecule has 2 aromatic rings. The Bertz CT molecular complexity index is 869. The topological polar surface area (TPSA) is 88.6 Å². The molecular weight excluding hydrogens is 346 g/mol. The third-order valence-electron chi connectivity index (χ3n) is 4.51. The first-order valence-corrected chi connectivity index (χ1v) is 8.82. The van der Waals surface area contributed by atoms with Crippen molar-refractivity contribution >= 4 is 23.5 Å². The fourth-order valence-corrected chi connectivity index (χ4v) is 3.07. The molecule has 2 heterocycles. The third-order valence-corrected chi connectivity index (χ3v) is 4.51. The molecule has 1 aromatic heterocycles. The third kappa shape index (κ3) is 3.16. The van der Waals surface area contributed by atoms with Crippen LogP contribution in [0.15, 0.2) is 48.7 Å². The fourth-order valence-electron chi connectivity index (χ4n) is 3.07. The van der Waals surface area contributed by atoms with Crippen LogP contribution in [0.2, 0.25) is 0 Å². The van der Waals surface area contributed by atoms with E-state index in [1.165, 1.54) is 17.2 Å². The van der Waals surface area contributed by atoms with Crippen molar-refractivity contribution in [2.45, 2.75) is 25.4 Å². The van der Waals surface area contributed by atoms with E-state index in [1.54, 1.807) is 43.4 Å². The van der Waals surface area contributed by atoms with Gasteiger partial charge in [0.1, 0.15) is 5.69 Å². The lowest BCUT2D eigenvalue weighted by molar-refractivity contribution is -0.152. The first kappa shape index (κ1) is 18.6. The monoisotopic (exact) mass is 367 g/mol. The van der Waals surface area contributed by atoms with E-state index < -0.39 is 23.4 Å². The number of benzene rings is 1. The van der Waals surface area contributed by atoms with Gasteiger partial charge in [-0.3, -0.25) is 9.59 Å². The van der Waals surface area contributed by atoms with Crippen LogP contribution in [-0.4, -0.2) is 36.4 Å². The summed E-state index contributed by atoms with van der Waals surface area (Å²) in [5, 5.41) is 2.73. The molecule has 27 heavy (non-hydrogen) atoms. The minimum Gasteiger partial charge on any atom is -0.429 e. The molecule has 0 bridgehead atoms. The number of aromatic nitrogens is 1. The van der Waals surface area contributed by atoms with Gasteiger partial charge in [0.05, 0.1) is 5.69 Å². The Morgan fingerprint density at radius 1 is 1.19 bits per heavy atom. The smallest absolute Gasteiger partial charge is 0.358 e. The van der Waals surface area contributed by atoms with Crippen LogP contribution in [-0.2, 0) is 19.9 Å². The van der Waals surface area contributed by atoms with Crippen LogP contribution in [0.1, 0.15) is 35.8 Å². The number of nitrogens with zero attached hydrogens (tertiary/aromatic N) is 2. The quantitative estimate of drug-likeness (QED) is 0.479. The Balaban J connectivity index is 2.04. The molecule has 0 saturated carbocycles. The molecule has 0 radical (unpaired) electrons. The van der Waals surface area contributed by atoms with Crippen LogP contribution in [0.4, 0.5) is 5.69 Å². The van der Waals surface area contributed by atoms with E-state index in [-0.39, 0.29) is 5.69 Å². The summed E-state index contributed by atoms with van der Waals surface area (Å²) in [5.41, 5.74) is -1.16. The molecular formula is C20H21N3O4. The minimum atomic E-state index is -2.06. The van der Waals surface area contributed by atoms with Gasteiger partial charge in [0.15, 0.2) is 0 Å². The van der Waals surface area contributed by atoms with Crippen LogP contribution in [0, 0.1) is 0 Å². The number of unbranched alkanes of at least 4 members (excludes halogenated alkanes) is 1. The van der Waals surface area contributed by atoms with Gasteiger partial charge in [0.2, 0.25) is 0 Å². The number of fused-ring (bicyclic) bond motifs is 1. The molecule has 3 rings (SSSR count). The van der Waals surface area contributed by atoms with Crippen LogP contribution in [0.3, 0.4) is 0 Å². The summed E-state index contributed by atoms with van der Waals surface area (Å²) in [7, 11) is 1.55. The van der Waals surface area contributed by atoms with Gasteiger partial charge in [-0.15, -0.1) is 0 Å². The number of carbonyl (C=O) groups is 3. The van der Waals surface area contributed by atoms with Crippen molar-refractivity contribution in [1.29, 1.82) is 0 Å². The maximum atomic E-state index is 13.1. The molecule has 1 N–H and O–H groups in total. The summed E-state index contributed by atoms with van der Waals surface area (Å²) in [6.45, 7) is 2.38. The number of likely N-dealkylation sites (N-methyl/N-ethyl adjacent to an activating group) is 1. The number of hydrogen-bond donors (Lipinski definition) is 1. The highest BCUT2D eigenvalue weighted by molar-refractivity contribution is 6.21. The van der Waals surface area contributed by atoms with Gasteiger partial charge in [-0.2, -0.15) is 0 Å². The van der Waals surface area contributed by atoms with Crippen LogP contribution >= 0.6 is 0 Å². The molecule has 1 atom stereocenters. The van der Waals surface area contributed by atoms with Crippen molar-refractivity contribution in [3.05, 3.63) is 59.9 Å². The predicted octanol–water partition coefficient (Wildman–Crippen LogP) is 2.03. The maximum absolute atomic E-state index is 13.1. The normalized spacial score (nSPS) is 18.1. The lowest BCUT2D eigenvalue weighted by Gasteiger charge is -2.27. The second-order valence-corrected chi connectivity index (χ2v) is 6.28. The number of anilines is 1. The number of pyridine rings is 1. The summed E-state index contributed by atoms with van der Waals surface area (Å²) >= 11 is 0. The molecule has 0 aliphatic carbocycles. The summed E-state index contributed by atoms with van der Waals surface area (Å²) < 4.78 is 5.58. The predicted molar refractivity (Wildman–Crippen MR) is 99.1 cm³/mol. The van der Waals surface area contributed by atoms with E-state index in [4.69, 9.17) is 4.74 Å². The SMILES string of the molecule is CCCCNC(=O)C1(OC(=O)c2ccccn2)C(=O)N(C)c2ccccc21. The van der Waals surface area contributed by atoms with Gasteiger partial charge in [-0.05, 0) is 24.6 Å². The second kappa shape index (κ2) is 7.57. The van der Waals surface area contributed by atoms with Crippen molar-refractivity contribution in [2.75, 3.05) is 18.5 Å². The molecule has 140 valence electrons. The molecule has 1 aromatic carbocycles. The van der Waals surface area contributed by atoms with E-state index in [1.807, 2.05) is 6.92 Å². The highest BCUT2D eigenvalue weighted by Crippen LogP contribution is 2.42. The number of ether oxygens (including phenoxy) is 1. The van der Waals surface area contributed by atoms with Gasteiger partial charge in [0.25, 0.3) is 17.4 Å². The first-order chi connectivity index (χ1) is 13.0. The highest BCUT2D eigenvalue weighted by Gasteiger charge is 2.59.